The number of aromatic nitrogens is 1. The topological polar surface area (TPSA) is 82.6 Å². The number of pyridine rings is 1. The molecule has 7 nitrogen and oxygen atoms in total. The van der Waals surface area contributed by atoms with Gasteiger partial charge in [0.25, 0.3) is 11.8 Å². The number of unbranched alkanes of at least 4 members (excludes halogenated alkanes) is 2. The van der Waals surface area contributed by atoms with Crippen LogP contribution in [0.2, 0.25) is 0 Å². The summed E-state index contributed by atoms with van der Waals surface area (Å²) in [5.41, 5.74) is -1.35. The third kappa shape index (κ3) is 5.68. The highest BCUT2D eigenvalue weighted by molar-refractivity contribution is 6.09. The summed E-state index contributed by atoms with van der Waals surface area (Å²) in [5.74, 6) is -1.08. The first-order chi connectivity index (χ1) is 15.7. The standard InChI is InChI=1S/C23H25F3N4O3/c1-2-3-6-12-27-20(31)16-10-11-19(28-15-16)29-13-7-14-30(22(29)33)21(32)17-8-4-5-9-18(17)23(24,25)26/h4-5,8-11,15H,2-3,6-7,12-14H2,1H3,(H,27,31). The fourth-order valence-electron chi connectivity index (χ4n) is 3.55. The van der Waals surface area contributed by atoms with Crippen molar-refractivity contribution >= 4 is 23.7 Å². The lowest BCUT2D eigenvalue weighted by Crippen LogP contribution is -2.52. The predicted molar refractivity (Wildman–Crippen MR) is 116 cm³/mol. The average molecular weight is 462 g/mol. The maximum atomic E-state index is 13.3. The molecule has 0 atom stereocenters. The van der Waals surface area contributed by atoms with Crippen LogP contribution in [0.4, 0.5) is 23.8 Å². The average Bonchev–Trinajstić information content (AvgIpc) is 2.81. The fraction of sp³-hybridized carbons (Fsp3) is 0.391. The Morgan fingerprint density at radius 3 is 2.52 bits per heavy atom. The third-order valence-corrected chi connectivity index (χ3v) is 5.29. The zero-order valence-electron chi connectivity index (χ0n) is 18.2. The van der Waals surface area contributed by atoms with E-state index in [2.05, 4.69) is 17.2 Å². The number of imide groups is 1. The van der Waals surface area contributed by atoms with Crippen molar-refractivity contribution in [3.8, 4) is 0 Å². The van der Waals surface area contributed by atoms with Crippen molar-refractivity contribution in [2.45, 2.75) is 38.8 Å². The molecule has 1 aliphatic rings. The Kier molecular flexibility index (Phi) is 7.67. The lowest BCUT2D eigenvalue weighted by molar-refractivity contribution is -0.138. The number of urea groups is 1. The Morgan fingerprint density at radius 2 is 1.85 bits per heavy atom. The molecule has 2 aromatic rings. The zero-order valence-corrected chi connectivity index (χ0v) is 18.2. The Labute approximate surface area is 189 Å². The van der Waals surface area contributed by atoms with Crippen molar-refractivity contribution in [3.63, 3.8) is 0 Å². The molecular formula is C23H25F3N4O3. The molecule has 4 amide bonds. The lowest BCUT2D eigenvalue weighted by Gasteiger charge is -2.34. The van der Waals surface area contributed by atoms with Crippen LogP contribution in [0, 0.1) is 0 Å². The number of hydrogen-bond acceptors (Lipinski definition) is 4. The Bertz CT molecular complexity index is 1010. The van der Waals surface area contributed by atoms with Gasteiger partial charge >= 0.3 is 12.2 Å². The number of benzene rings is 1. The monoisotopic (exact) mass is 462 g/mol. The number of alkyl halides is 3. The van der Waals surface area contributed by atoms with Crippen LogP contribution in [-0.2, 0) is 6.18 Å². The second-order valence-electron chi connectivity index (χ2n) is 7.66. The van der Waals surface area contributed by atoms with Gasteiger partial charge in [-0.15, -0.1) is 0 Å². The number of amides is 4. The van der Waals surface area contributed by atoms with Gasteiger partial charge in [-0.3, -0.25) is 19.4 Å². The Balaban J connectivity index is 1.73. The molecule has 0 unspecified atom stereocenters. The van der Waals surface area contributed by atoms with Crippen molar-refractivity contribution in [1.82, 2.24) is 15.2 Å². The highest BCUT2D eigenvalue weighted by Crippen LogP contribution is 2.33. The number of carbonyl (C=O) groups excluding carboxylic acids is 3. The van der Waals surface area contributed by atoms with E-state index < -0.39 is 29.2 Å². The molecule has 1 aromatic carbocycles. The minimum atomic E-state index is -4.72. The van der Waals surface area contributed by atoms with Gasteiger partial charge in [0.05, 0.1) is 16.7 Å². The summed E-state index contributed by atoms with van der Waals surface area (Å²) in [6.07, 6.45) is -0.102. The van der Waals surface area contributed by atoms with E-state index in [0.29, 0.717) is 18.5 Å². The molecule has 10 heteroatoms. The van der Waals surface area contributed by atoms with Gasteiger partial charge in [-0.1, -0.05) is 31.9 Å². The van der Waals surface area contributed by atoms with Crippen molar-refractivity contribution in [1.29, 1.82) is 0 Å². The number of rotatable bonds is 7. The van der Waals surface area contributed by atoms with Crippen LogP contribution in [0.3, 0.4) is 0 Å². The van der Waals surface area contributed by atoms with Crippen LogP contribution >= 0.6 is 0 Å². The van der Waals surface area contributed by atoms with Gasteiger partial charge in [0, 0.05) is 25.8 Å². The summed E-state index contributed by atoms with van der Waals surface area (Å²) >= 11 is 0. The van der Waals surface area contributed by atoms with Crippen LogP contribution < -0.4 is 10.2 Å². The third-order valence-electron chi connectivity index (χ3n) is 5.29. The maximum Gasteiger partial charge on any atom is 0.417 e. The lowest BCUT2D eigenvalue weighted by atomic mass is 10.1. The molecule has 3 rings (SSSR count). The normalized spacial score (nSPS) is 14.4. The minimum Gasteiger partial charge on any atom is -0.352 e. The summed E-state index contributed by atoms with van der Waals surface area (Å²) in [4.78, 5) is 44.2. The van der Waals surface area contributed by atoms with E-state index in [4.69, 9.17) is 0 Å². The van der Waals surface area contributed by atoms with Crippen LogP contribution in [0.15, 0.2) is 42.6 Å². The highest BCUT2D eigenvalue weighted by atomic mass is 19.4. The van der Waals surface area contributed by atoms with Crippen molar-refractivity contribution < 1.29 is 27.6 Å². The summed E-state index contributed by atoms with van der Waals surface area (Å²) in [6, 6.07) is 6.63. The summed E-state index contributed by atoms with van der Waals surface area (Å²) in [6.45, 7) is 2.86. The second kappa shape index (κ2) is 10.5. The molecule has 1 saturated heterocycles. The van der Waals surface area contributed by atoms with Crippen LogP contribution in [0.25, 0.3) is 0 Å². The molecule has 176 valence electrons. The van der Waals surface area contributed by atoms with Crippen molar-refractivity contribution in [2.24, 2.45) is 0 Å². The van der Waals surface area contributed by atoms with Crippen LogP contribution in [-0.4, -0.2) is 47.4 Å². The molecule has 1 aliphatic heterocycles. The van der Waals surface area contributed by atoms with Gasteiger partial charge < -0.3 is 5.32 Å². The molecule has 0 saturated carbocycles. The molecule has 1 fully saturated rings. The van der Waals surface area contributed by atoms with Crippen LogP contribution in [0.5, 0.6) is 0 Å². The molecule has 0 bridgehead atoms. The highest BCUT2D eigenvalue weighted by Gasteiger charge is 2.39. The quantitative estimate of drug-likeness (QED) is 0.615. The first kappa shape index (κ1) is 24.2. The number of nitrogens with one attached hydrogen (secondary N) is 1. The smallest absolute Gasteiger partial charge is 0.352 e. The van der Waals surface area contributed by atoms with E-state index in [1.54, 1.807) is 0 Å². The minimum absolute atomic E-state index is 0.00138. The number of nitrogens with zero attached hydrogens (tertiary/aromatic N) is 3. The predicted octanol–water partition coefficient (Wildman–Crippen LogP) is 4.49. The summed E-state index contributed by atoms with van der Waals surface area (Å²) in [7, 11) is 0. The van der Waals surface area contributed by atoms with Gasteiger partial charge in [-0.2, -0.15) is 13.2 Å². The first-order valence-electron chi connectivity index (χ1n) is 10.8. The molecule has 0 spiro atoms. The maximum absolute atomic E-state index is 13.3. The number of carbonyl (C=O) groups is 3. The van der Waals surface area contributed by atoms with E-state index in [-0.39, 0.29) is 24.8 Å². The Hall–Kier alpha value is -3.43. The number of halogens is 3. The van der Waals surface area contributed by atoms with E-state index in [9.17, 15) is 27.6 Å². The first-order valence-corrected chi connectivity index (χ1v) is 10.8. The van der Waals surface area contributed by atoms with Crippen molar-refractivity contribution in [2.75, 3.05) is 24.5 Å². The fourth-order valence-corrected chi connectivity index (χ4v) is 3.55. The molecule has 0 aliphatic carbocycles. The van der Waals surface area contributed by atoms with Crippen LogP contribution in [0.1, 0.15) is 58.9 Å². The molecule has 33 heavy (non-hydrogen) atoms. The Morgan fingerprint density at radius 1 is 1.09 bits per heavy atom. The van der Waals surface area contributed by atoms with Gasteiger partial charge in [0.1, 0.15) is 5.82 Å². The summed E-state index contributed by atoms with van der Waals surface area (Å²) in [5, 5.41) is 2.79. The van der Waals surface area contributed by atoms with E-state index in [0.717, 1.165) is 36.3 Å². The molecule has 1 aromatic heterocycles. The van der Waals surface area contributed by atoms with E-state index in [1.165, 1.54) is 35.4 Å². The van der Waals surface area contributed by atoms with Gasteiger partial charge in [-0.25, -0.2) is 9.78 Å². The van der Waals surface area contributed by atoms with E-state index >= 15 is 0 Å². The van der Waals surface area contributed by atoms with E-state index in [1.807, 2.05) is 0 Å². The van der Waals surface area contributed by atoms with Gasteiger partial charge in [0.15, 0.2) is 0 Å². The largest absolute Gasteiger partial charge is 0.417 e. The van der Waals surface area contributed by atoms with Gasteiger partial charge in [0.2, 0.25) is 0 Å². The molecule has 0 radical (unpaired) electrons. The SMILES string of the molecule is CCCCCNC(=O)c1ccc(N2CCCN(C(=O)c3ccccc3C(F)(F)F)C2=O)nc1. The zero-order chi connectivity index (χ0) is 24.0. The number of anilines is 1. The number of hydrogen-bond donors (Lipinski definition) is 1. The van der Waals surface area contributed by atoms with Crippen molar-refractivity contribution in [3.05, 3.63) is 59.3 Å². The second-order valence-corrected chi connectivity index (χ2v) is 7.66. The molecule has 1 N–H and O–H groups in total. The molecular weight excluding hydrogens is 437 g/mol. The molecule has 2 heterocycles. The summed E-state index contributed by atoms with van der Waals surface area (Å²) < 4.78 is 40.0. The van der Waals surface area contributed by atoms with Gasteiger partial charge in [-0.05, 0) is 37.1 Å².